The standard InChI is InChI=1S/C24H28N6OS/c1-17-7-9-19(10-8-17)26-23-25-18(2)15-22(28-23)29-11-13-30(14-12-29)24(31)27-20-5-4-6-21(16-20)32-3/h4-10,15-16H,11-14H2,1-3H3,(H,27,31)(H,25,26,28). The number of hydrogen-bond donors (Lipinski definition) is 2. The molecule has 2 N–H and O–H groups in total. The van der Waals surface area contributed by atoms with Crippen LogP contribution in [0.4, 0.5) is 27.9 Å². The van der Waals surface area contributed by atoms with Gasteiger partial charge in [-0.1, -0.05) is 23.8 Å². The molecule has 1 saturated heterocycles. The first kappa shape index (κ1) is 22.0. The fourth-order valence-corrected chi connectivity index (χ4v) is 4.04. The van der Waals surface area contributed by atoms with E-state index in [1.54, 1.807) is 11.8 Å². The highest BCUT2D eigenvalue weighted by Gasteiger charge is 2.22. The molecular formula is C24H28N6OS. The molecule has 0 unspecified atom stereocenters. The third-order valence-corrected chi connectivity index (χ3v) is 6.09. The number of nitrogens with one attached hydrogen (secondary N) is 2. The van der Waals surface area contributed by atoms with E-state index >= 15 is 0 Å². The Kier molecular flexibility index (Phi) is 6.80. The molecule has 1 aliphatic heterocycles. The van der Waals surface area contributed by atoms with Gasteiger partial charge in [0.2, 0.25) is 5.95 Å². The first-order valence-electron chi connectivity index (χ1n) is 10.6. The van der Waals surface area contributed by atoms with Gasteiger partial charge >= 0.3 is 6.03 Å². The molecule has 0 aliphatic carbocycles. The number of benzene rings is 2. The molecule has 32 heavy (non-hydrogen) atoms. The number of aryl methyl sites for hydroxylation is 2. The van der Waals surface area contributed by atoms with Crippen molar-refractivity contribution < 1.29 is 4.79 Å². The topological polar surface area (TPSA) is 73.4 Å². The van der Waals surface area contributed by atoms with Crippen LogP contribution in [-0.2, 0) is 0 Å². The number of aromatic nitrogens is 2. The van der Waals surface area contributed by atoms with Gasteiger partial charge in [-0.3, -0.25) is 0 Å². The van der Waals surface area contributed by atoms with E-state index in [0.29, 0.717) is 19.0 Å². The number of nitrogens with zero attached hydrogens (tertiary/aromatic N) is 4. The fourth-order valence-electron chi connectivity index (χ4n) is 3.58. The molecule has 166 valence electrons. The first-order valence-corrected chi connectivity index (χ1v) is 11.9. The monoisotopic (exact) mass is 448 g/mol. The lowest BCUT2D eigenvalue weighted by atomic mass is 10.2. The number of thioether (sulfide) groups is 1. The van der Waals surface area contributed by atoms with Gasteiger partial charge in [-0.25, -0.2) is 9.78 Å². The van der Waals surface area contributed by atoms with Crippen LogP contribution in [0.3, 0.4) is 0 Å². The molecule has 3 aromatic rings. The summed E-state index contributed by atoms with van der Waals surface area (Å²) in [5.41, 5.74) is 3.89. The van der Waals surface area contributed by atoms with E-state index in [-0.39, 0.29) is 6.03 Å². The number of carbonyl (C=O) groups is 1. The van der Waals surface area contributed by atoms with Crippen molar-refractivity contribution in [2.24, 2.45) is 0 Å². The Bertz CT molecular complexity index is 1080. The van der Waals surface area contributed by atoms with Crippen molar-refractivity contribution in [3.05, 3.63) is 65.9 Å². The molecule has 2 heterocycles. The summed E-state index contributed by atoms with van der Waals surface area (Å²) < 4.78 is 0. The van der Waals surface area contributed by atoms with Crippen LogP contribution >= 0.6 is 11.8 Å². The molecule has 1 fully saturated rings. The third-order valence-electron chi connectivity index (χ3n) is 5.36. The van der Waals surface area contributed by atoms with Crippen molar-refractivity contribution in [1.29, 1.82) is 0 Å². The number of piperazine rings is 1. The molecule has 8 heteroatoms. The van der Waals surface area contributed by atoms with Crippen LogP contribution in [0, 0.1) is 13.8 Å². The van der Waals surface area contributed by atoms with Crippen molar-refractivity contribution in [1.82, 2.24) is 14.9 Å². The number of carbonyl (C=O) groups excluding carboxylic acids is 1. The van der Waals surface area contributed by atoms with Crippen molar-refractivity contribution in [3.8, 4) is 0 Å². The van der Waals surface area contributed by atoms with E-state index in [1.807, 2.05) is 60.5 Å². The largest absolute Gasteiger partial charge is 0.353 e. The van der Waals surface area contributed by atoms with Gasteiger partial charge in [0.15, 0.2) is 0 Å². The van der Waals surface area contributed by atoms with E-state index in [0.717, 1.165) is 40.9 Å². The van der Waals surface area contributed by atoms with Gasteiger partial charge in [-0.2, -0.15) is 4.98 Å². The summed E-state index contributed by atoms with van der Waals surface area (Å²) in [5, 5.41) is 6.30. The van der Waals surface area contributed by atoms with E-state index in [9.17, 15) is 4.79 Å². The lowest BCUT2D eigenvalue weighted by Gasteiger charge is -2.35. The van der Waals surface area contributed by atoms with Gasteiger partial charge in [-0.05, 0) is 50.4 Å². The second kappa shape index (κ2) is 9.91. The van der Waals surface area contributed by atoms with Crippen LogP contribution in [0.25, 0.3) is 0 Å². The molecule has 0 bridgehead atoms. The zero-order chi connectivity index (χ0) is 22.5. The second-order valence-electron chi connectivity index (χ2n) is 7.82. The zero-order valence-corrected chi connectivity index (χ0v) is 19.4. The minimum Gasteiger partial charge on any atom is -0.353 e. The van der Waals surface area contributed by atoms with Gasteiger partial charge < -0.3 is 20.4 Å². The van der Waals surface area contributed by atoms with Crippen LogP contribution in [0.15, 0.2) is 59.5 Å². The number of urea groups is 1. The predicted octanol–water partition coefficient (Wildman–Crippen LogP) is 4.91. The quantitative estimate of drug-likeness (QED) is 0.540. The summed E-state index contributed by atoms with van der Waals surface area (Å²) in [5.74, 6) is 1.46. The van der Waals surface area contributed by atoms with Crippen molar-refractivity contribution in [2.45, 2.75) is 18.7 Å². The van der Waals surface area contributed by atoms with Gasteiger partial charge in [0, 0.05) is 54.2 Å². The highest BCUT2D eigenvalue weighted by atomic mass is 32.2. The number of amides is 2. The average molecular weight is 449 g/mol. The molecule has 2 amide bonds. The van der Waals surface area contributed by atoms with Crippen molar-refractivity contribution in [2.75, 3.05) is 48.0 Å². The molecule has 0 spiro atoms. The first-order chi connectivity index (χ1) is 15.5. The Morgan fingerprint density at radius 3 is 2.41 bits per heavy atom. The predicted molar refractivity (Wildman–Crippen MR) is 132 cm³/mol. The summed E-state index contributed by atoms with van der Waals surface area (Å²) >= 11 is 1.66. The lowest BCUT2D eigenvalue weighted by molar-refractivity contribution is 0.208. The smallest absolute Gasteiger partial charge is 0.321 e. The molecule has 0 saturated carbocycles. The lowest BCUT2D eigenvalue weighted by Crippen LogP contribution is -2.50. The maximum Gasteiger partial charge on any atom is 0.321 e. The third kappa shape index (κ3) is 5.50. The van der Waals surface area contributed by atoms with Crippen molar-refractivity contribution >= 4 is 40.9 Å². The Hall–Kier alpha value is -3.26. The minimum absolute atomic E-state index is 0.0662. The fraction of sp³-hybridized carbons (Fsp3) is 0.292. The summed E-state index contributed by atoms with van der Waals surface area (Å²) in [6.45, 7) is 6.75. The van der Waals surface area contributed by atoms with E-state index in [4.69, 9.17) is 4.98 Å². The Labute approximate surface area is 193 Å². The Morgan fingerprint density at radius 2 is 1.69 bits per heavy atom. The van der Waals surface area contributed by atoms with Crippen LogP contribution in [0.1, 0.15) is 11.3 Å². The second-order valence-corrected chi connectivity index (χ2v) is 8.70. The summed E-state index contributed by atoms with van der Waals surface area (Å²) in [6, 6.07) is 18.0. The van der Waals surface area contributed by atoms with Crippen LogP contribution in [0.5, 0.6) is 0 Å². The average Bonchev–Trinajstić information content (AvgIpc) is 2.80. The van der Waals surface area contributed by atoms with Crippen LogP contribution in [0.2, 0.25) is 0 Å². The van der Waals surface area contributed by atoms with Crippen LogP contribution < -0.4 is 15.5 Å². The SMILES string of the molecule is CSc1cccc(NC(=O)N2CCN(c3cc(C)nc(Nc4ccc(C)cc4)n3)CC2)c1. The molecule has 0 atom stereocenters. The summed E-state index contributed by atoms with van der Waals surface area (Å²) in [7, 11) is 0. The van der Waals surface area contributed by atoms with Gasteiger partial charge in [0.05, 0.1) is 0 Å². The normalized spacial score (nSPS) is 13.7. The number of hydrogen-bond acceptors (Lipinski definition) is 6. The summed E-state index contributed by atoms with van der Waals surface area (Å²) in [6.07, 6.45) is 2.02. The molecule has 0 radical (unpaired) electrons. The zero-order valence-electron chi connectivity index (χ0n) is 18.6. The number of rotatable bonds is 5. The van der Waals surface area contributed by atoms with Crippen molar-refractivity contribution in [3.63, 3.8) is 0 Å². The molecule has 1 aromatic heterocycles. The molecule has 2 aromatic carbocycles. The molecule has 1 aliphatic rings. The maximum atomic E-state index is 12.7. The van der Waals surface area contributed by atoms with Gasteiger partial charge in [0.25, 0.3) is 0 Å². The van der Waals surface area contributed by atoms with Crippen LogP contribution in [-0.4, -0.2) is 53.3 Å². The minimum atomic E-state index is -0.0662. The Morgan fingerprint density at radius 1 is 0.938 bits per heavy atom. The highest BCUT2D eigenvalue weighted by Crippen LogP contribution is 2.22. The molecule has 4 rings (SSSR count). The van der Waals surface area contributed by atoms with E-state index in [1.165, 1.54) is 5.56 Å². The molecule has 7 nitrogen and oxygen atoms in total. The highest BCUT2D eigenvalue weighted by molar-refractivity contribution is 7.98. The van der Waals surface area contributed by atoms with E-state index < -0.39 is 0 Å². The Balaban J connectivity index is 1.37. The molecular weight excluding hydrogens is 420 g/mol. The maximum absolute atomic E-state index is 12.7. The summed E-state index contributed by atoms with van der Waals surface area (Å²) in [4.78, 5) is 27.1. The number of anilines is 4. The van der Waals surface area contributed by atoms with E-state index in [2.05, 4.69) is 39.6 Å². The van der Waals surface area contributed by atoms with Gasteiger partial charge in [0.1, 0.15) is 5.82 Å². The van der Waals surface area contributed by atoms with Gasteiger partial charge in [-0.15, -0.1) is 11.8 Å².